The molecule has 1 fully saturated rings. The molecule has 30 heavy (non-hydrogen) atoms. The van der Waals surface area contributed by atoms with Crippen LogP contribution in [0.5, 0.6) is 0 Å². The van der Waals surface area contributed by atoms with Gasteiger partial charge in [0.1, 0.15) is 0 Å². The highest BCUT2D eigenvalue weighted by molar-refractivity contribution is 5.94. The second kappa shape index (κ2) is 8.87. The third-order valence-corrected chi connectivity index (χ3v) is 5.43. The molecule has 1 aliphatic heterocycles. The molecule has 0 aromatic heterocycles. The van der Waals surface area contributed by atoms with Crippen molar-refractivity contribution in [1.29, 1.82) is 0 Å². The first kappa shape index (κ1) is 21.8. The van der Waals surface area contributed by atoms with Gasteiger partial charge in [-0.05, 0) is 49.2 Å². The van der Waals surface area contributed by atoms with E-state index >= 15 is 0 Å². The highest BCUT2D eigenvalue weighted by Crippen LogP contribution is 2.34. The number of hydrogen-bond acceptors (Lipinski definition) is 2. The Morgan fingerprint density at radius 2 is 1.70 bits per heavy atom. The standard InChI is InChI=1S/C22H24F3N3O2/c1-15-7-8-17(13-16(15)2)21(30)28-11-9-27(10-12-28)14-20(29)26-19-6-4-3-5-18(19)22(23,24)25/h3-8,13H,9-12,14H2,1-2H3,(H,26,29)/p+1. The van der Waals surface area contributed by atoms with Gasteiger partial charge in [0.05, 0.1) is 37.4 Å². The molecule has 0 bridgehead atoms. The lowest BCUT2D eigenvalue weighted by molar-refractivity contribution is -0.895. The van der Waals surface area contributed by atoms with Crippen molar-refractivity contribution in [3.8, 4) is 0 Å². The number of piperazine rings is 1. The second-order valence-corrected chi connectivity index (χ2v) is 7.61. The first-order valence-electron chi connectivity index (χ1n) is 9.81. The van der Waals surface area contributed by atoms with Gasteiger partial charge in [-0.3, -0.25) is 9.59 Å². The zero-order valence-electron chi connectivity index (χ0n) is 17.0. The van der Waals surface area contributed by atoms with E-state index in [1.165, 1.54) is 18.2 Å². The predicted octanol–water partition coefficient (Wildman–Crippen LogP) is 2.30. The number of para-hydroxylation sites is 1. The van der Waals surface area contributed by atoms with Gasteiger partial charge >= 0.3 is 6.18 Å². The minimum absolute atomic E-state index is 0.0410. The molecular formula is C22H25F3N3O2+. The van der Waals surface area contributed by atoms with Gasteiger partial charge in [0.2, 0.25) is 0 Å². The van der Waals surface area contributed by atoms with E-state index < -0.39 is 17.6 Å². The Bertz CT molecular complexity index is 935. The number of nitrogens with zero attached hydrogens (tertiary/aromatic N) is 1. The van der Waals surface area contributed by atoms with Gasteiger partial charge in [0, 0.05) is 5.56 Å². The zero-order valence-corrected chi connectivity index (χ0v) is 17.0. The van der Waals surface area contributed by atoms with Gasteiger partial charge in [-0.25, -0.2) is 0 Å². The summed E-state index contributed by atoms with van der Waals surface area (Å²) in [6.45, 7) is 6.11. The van der Waals surface area contributed by atoms with E-state index in [0.717, 1.165) is 22.1 Å². The molecule has 0 saturated carbocycles. The summed E-state index contributed by atoms with van der Waals surface area (Å²) in [7, 11) is 0. The summed E-state index contributed by atoms with van der Waals surface area (Å²) in [6.07, 6.45) is -4.53. The highest BCUT2D eigenvalue weighted by atomic mass is 19.4. The Kier molecular flexibility index (Phi) is 6.45. The lowest BCUT2D eigenvalue weighted by atomic mass is 10.1. The SMILES string of the molecule is Cc1ccc(C(=O)N2CC[NH+](CC(=O)Nc3ccccc3C(F)(F)F)CC2)cc1C. The van der Waals surface area contributed by atoms with Crippen LogP contribution in [0.15, 0.2) is 42.5 Å². The van der Waals surface area contributed by atoms with Crippen LogP contribution >= 0.6 is 0 Å². The average Bonchev–Trinajstić information content (AvgIpc) is 2.69. The monoisotopic (exact) mass is 420 g/mol. The quantitative estimate of drug-likeness (QED) is 0.798. The Labute approximate surface area is 173 Å². The number of aryl methyl sites for hydroxylation is 2. The normalized spacial score (nSPS) is 15.2. The van der Waals surface area contributed by atoms with Crippen LogP contribution in [-0.4, -0.2) is 49.4 Å². The Morgan fingerprint density at radius 1 is 1.03 bits per heavy atom. The van der Waals surface area contributed by atoms with Gasteiger partial charge in [0.25, 0.3) is 11.8 Å². The largest absolute Gasteiger partial charge is 0.418 e. The lowest BCUT2D eigenvalue weighted by Crippen LogP contribution is -3.15. The van der Waals surface area contributed by atoms with E-state index in [-0.39, 0.29) is 18.1 Å². The zero-order chi connectivity index (χ0) is 21.9. The van der Waals surface area contributed by atoms with E-state index in [0.29, 0.717) is 31.7 Å². The molecule has 2 aromatic carbocycles. The van der Waals surface area contributed by atoms with E-state index in [1.807, 2.05) is 32.0 Å². The predicted molar refractivity (Wildman–Crippen MR) is 107 cm³/mol. The van der Waals surface area contributed by atoms with E-state index in [1.54, 1.807) is 4.90 Å². The Hall–Kier alpha value is -2.87. The molecule has 1 aliphatic rings. The summed E-state index contributed by atoms with van der Waals surface area (Å²) in [5.74, 6) is -0.517. The molecule has 3 rings (SSSR count). The van der Waals surface area contributed by atoms with Crippen LogP contribution in [0, 0.1) is 13.8 Å². The van der Waals surface area contributed by atoms with Gasteiger partial charge in [0.15, 0.2) is 6.54 Å². The fraction of sp³-hybridized carbons (Fsp3) is 0.364. The van der Waals surface area contributed by atoms with Crippen LogP contribution in [0.4, 0.5) is 18.9 Å². The summed E-state index contributed by atoms with van der Waals surface area (Å²) in [5, 5.41) is 2.38. The highest BCUT2D eigenvalue weighted by Gasteiger charge is 2.34. The number of alkyl halides is 3. The smallest absolute Gasteiger partial charge is 0.327 e. The third-order valence-electron chi connectivity index (χ3n) is 5.43. The van der Waals surface area contributed by atoms with Crippen LogP contribution < -0.4 is 10.2 Å². The maximum Gasteiger partial charge on any atom is 0.418 e. The number of quaternary nitrogens is 1. The number of nitrogens with one attached hydrogen (secondary N) is 2. The van der Waals surface area contributed by atoms with Gasteiger partial charge in [-0.1, -0.05) is 18.2 Å². The summed E-state index contributed by atoms with van der Waals surface area (Å²) >= 11 is 0. The first-order chi connectivity index (χ1) is 14.1. The fourth-order valence-electron chi connectivity index (χ4n) is 3.52. The van der Waals surface area contributed by atoms with Crippen molar-refractivity contribution in [3.05, 3.63) is 64.7 Å². The number of benzene rings is 2. The molecule has 0 spiro atoms. The minimum atomic E-state index is -4.53. The minimum Gasteiger partial charge on any atom is -0.327 e. The number of carbonyl (C=O) groups is 2. The summed E-state index contributed by atoms with van der Waals surface area (Å²) in [5.41, 5.74) is 1.72. The molecule has 1 saturated heterocycles. The van der Waals surface area contributed by atoms with Crippen LogP contribution in [-0.2, 0) is 11.0 Å². The van der Waals surface area contributed by atoms with Crippen LogP contribution in [0.3, 0.4) is 0 Å². The lowest BCUT2D eigenvalue weighted by Gasteiger charge is -2.32. The van der Waals surface area contributed by atoms with Crippen LogP contribution in [0.25, 0.3) is 0 Å². The number of halogens is 3. The number of hydrogen-bond donors (Lipinski definition) is 2. The topological polar surface area (TPSA) is 53.9 Å². The second-order valence-electron chi connectivity index (χ2n) is 7.61. The van der Waals surface area contributed by atoms with Crippen molar-refractivity contribution in [2.24, 2.45) is 0 Å². The molecule has 2 N–H and O–H groups in total. The molecule has 2 amide bonds. The fourth-order valence-corrected chi connectivity index (χ4v) is 3.52. The van der Waals surface area contributed by atoms with Crippen molar-refractivity contribution in [2.75, 3.05) is 38.0 Å². The van der Waals surface area contributed by atoms with Crippen molar-refractivity contribution >= 4 is 17.5 Å². The van der Waals surface area contributed by atoms with Crippen molar-refractivity contribution in [3.63, 3.8) is 0 Å². The van der Waals surface area contributed by atoms with Crippen molar-refractivity contribution < 1.29 is 27.7 Å². The van der Waals surface area contributed by atoms with Crippen molar-refractivity contribution in [1.82, 2.24) is 4.90 Å². The van der Waals surface area contributed by atoms with E-state index in [9.17, 15) is 22.8 Å². The van der Waals surface area contributed by atoms with Gasteiger partial charge < -0.3 is 15.1 Å². The number of amides is 2. The molecule has 0 unspecified atom stereocenters. The summed E-state index contributed by atoms with van der Waals surface area (Å²) in [6, 6.07) is 10.5. The molecule has 1 heterocycles. The maximum absolute atomic E-state index is 13.1. The summed E-state index contributed by atoms with van der Waals surface area (Å²) < 4.78 is 39.2. The molecule has 160 valence electrons. The number of rotatable bonds is 4. The molecule has 0 radical (unpaired) electrons. The Morgan fingerprint density at radius 3 is 2.33 bits per heavy atom. The maximum atomic E-state index is 13.1. The van der Waals surface area contributed by atoms with E-state index in [4.69, 9.17) is 0 Å². The summed E-state index contributed by atoms with van der Waals surface area (Å²) in [4.78, 5) is 27.7. The first-order valence-corrected chi connectivity index (χ1v) is 9.81. The van der Waals surface area contributed by atoms with Crippen LogP contribution in [0.1, 0.15) is 27.0 Å². The molecule has 8 heteroatoms. The third kappa shape index (κ3) is 5.18. The van der Waals surface area contributed by atoms with Gasteiger partial charge in [-0.2, -0.15) is 13.2 Å². The number of anilines is 1. The van der Waals surface area contributed by atoms with Crippen molar-refractivity contribution in [2.45, 2.75) is 20.0 Å². The average molecular weight is 420 g/mol. The number of carbonyl (C=O) groups excluding carboxylic acids is 2. The van der Waals surface area contributed by atoms with Crippen LogP contribution in [0.2, 0.25) is 0 Å². The Balaban J connectivity index is 1.54. The molecule has 2 aromatic rings. The molecule has 0 aliphatic carbocycles. The van der Waals surface area contributed by atoms with E-state index in [2.05, 4.69) is 5.32 Å². The molecular weight excluding hydrogens is 395 g/mol. The molecule has 0 atom stereocenters. The van der Waals surface area contributed by atoms with Gasteiger partial charge in [-0.15, -0.1) is 0 Å². The molecule has 5 nitrogen and oxygen atoms in total.